The zero-order chi connectivity index (χ0) is 15.7. The summed E-state index contributed by atoms with van der Waals surface area (Å²) in [6.45, 7) is 8.25. The van der Waals surface area contributed by atoms with Crippen molar-refractivity contribution in [3.05, 3.63) is 36.0 Å². The lowest BCUT2D eigenvalue weighted by Gasteiger charge is -2.19. The Morgan fingerprint density at radius 2 is 1.77 bits per heavy atom. The summed E-state index contributed by atoms with van der Waals surface area (Å²) in [6.07, 6.45) is 1.74. The second kappa shape index (κ2) is 5.29. The van der Waals surface area contributed by atoms with E-state index in [-0.39, 0.29) is 5.54 Å². The monoisotopic (exact) mass is 296 g/mol. The molecule has 0 atom stereocenters. The summed E-state index contributed by atoms with van der Waals surface area (Å²) in [5.74, 6) is 1.23. The van der Waals surface area contributed by atoms with Gasteiger partial charge in [-0.15, -0.1) is 0 Å². The minimum Gasteiger partial charge on any atom is -0.350 e. The maximum absolute atomic E-state index is 4.46. The van der Waals surface area contributed by atoms with Crippen LogP contribution in [0.1, 0.15) is 26.3 Å². The molecule has 6 nitrogen and oxygen atoms in total. The maximum Gasteiger partial charge on any atom is 0.225 e. The first-order valence-corrected chi connectivity index (χ1v) is 7.24. The molecule has 0 spiro atoms. The van der Waals surface area contributed by atoms with Crippen LogP contribution in [0, 0.1) is 6.92 Å². The van der Waals surface area contributed by atoms with Gasteiger partial charge in [0, 0.05) is 11.2 Å². The number of nitrogens with zero attached hydrogens (tertiary/aromatic N) is 3. The molecule has 0 unspecified atom stereocenters. The molecule has 1 aromatic carbocycles. The van der Waals surface area contributed by atoms with Crippen LogP contribution >= 0.6 is 0 Å². The minimum atomic E-state index is -0.0903. The Morgan fingerprint density at radius 1 is 1.05 bits per heavy atom. The third kappa shape index (κ3) is 3.33. The molecule has 0 saturated carbocycles. The predicted octanol–water partition coefficient (Wildman–Crippen LogP) is 3.62. The van der Waals surface area contributed by atoms with Crippen molar-refractivity contribution in [1.82, 2.24) is 19.9 Å². The Kier molecular flexibility index (Phi) is 3.44. The third-order valence-electron chi connectivity index (χ3n) is 3.04. The van der Waals surface area contributed by atoms with Gasteiger partial charge < -0.3 is 15.6 Å². The Hall–Kier alpha value is -2.63. The van der Waals surface area contributed by atoms with Crippen LogP contribution in [0.3, 0.4) is 0 Å². The first kappa shape index (κ1) is 14.3. The van der Waals surface area contributed by atoms with Gasteiger partial charge in [0.2, 0.25) is 11.9 Å². The van der Waals surface area contributed by atoms with Crippen LogP contribution in [0.5, 0.6) is 0 Å². The summed E-state index contributed by atoms with van der Waals surface area (Å²) in [5, 5.41) is 6.48. The number of hydrogen-bond donors (Lipinski definition) is 3. The van der Waals surface area contributed by atoms with E-state index in [0.29, 0.717) is 17.5 Å². The van der Waals surface area contributed by atoms with E-state index in [2.05, 4.69) is 70.4 Å². The smallest absolute Gasteiger partial charge is 0.225 e. The minimum absolute atomic E-state index is 0.0903. The number of aromatic nitrogens is 4. The Bertz CT molecular complexity index is 782. The normalized spacial score (nSPS) is 11.6. The molecule has 2 aromatic heterocycles. The highest BCUT2D eigenvalue weighted by molar-refractivity contribution is 5.74. The fourth-order valence-corrected chi connectivity index (χ4v) is 2.04. The van der Waals surface area contributed by atoms with Gasteiger partial charge in [-0.1, -0.05) is 17.7 Å². The number of imidazole rings is 1. The molecule has 0 bridgehead atoms. The number of fused-ring (bicyclic) bond motifs is 1. The van der Waals surface area contributed by atoms with E-state index < -0.39 is 0 Å². The molecule has 22 heavy (non-hydrogen) atoms. The van der Waals surface area contributed by atoms with Gasteiger partial charge in [-0.3, -0.25) is 0 Å². The van der Waals surface area contributed by atoms with Crippen molar-refractivity contribution in [2.75, 3.05) is 10.6 Å². The Morgan fingerprint density at radius 3 is 2.45 bits per heavy atom. The fourth-order valence-electron chi connectivity index (χ4n) is 2.04. The standard InChI is InChI=1S/C16H20N6/c1-10-5-7-11(8-6-10)18-15-19-12-9-17-14(20-13(12)21-15)22-16(2,3)4/h5-9H,1-4H3,(H3,17,18,19,20,21,22). The van der Waals surface area contributed by atoms with E-state index in [1.165, 1.54) is 5.56 Å². The topological polar surface area (TPSA) is 78.5 Å². The fraction of sp³-hybridized carbons (Fsp3) is 0.312. The molecular formula is C16H20N6. The van der Waals surface area contributed by atoms with Crippen molar-refractivity contribution < 1.29 is 0 Å². The van der Waals surface area contributed by atoms with E-state index in [1.54, 1.807) is 6.20 Å². The van der Waals surface area contributed by atoms with Crippen LogP contribution in [-0.4, -0.2) is 25.5 Å². The predicted molar refractivity (Wildman–Crippen MR) is 89.5 cm³/mol. The summed E-state index contributed by atoms with van der Waals surface area (Å²) >= 11 is 0. The number of aryl methyl sites for hydroxylation is 1. The summed E-state index contributed by atoms with van der Waals surface area (Å²) in [6, 6.07) is 8.13. The number of benzene rings is 1. The number of rotatable bonds is 3. The number of H-pyrrole nitrogens is 1. The van der Waals surface area contributed by atoms with Crippen molar-refractivity contribution in [3.8, 4) is 0 Å². The van der Waals surface area contributed by atoms with E-state index in [1.807, 2.05) is 12.1 Å². The summed E-state index contributed by atoms with van der Waals surface area (Å²) in [4.78, 5) is 16.4. The molecule has 0 saturated heterocycles. The summed E-state index contributed by atoms with van der Waals surface area (Å²) < 4.78 is 0. The van der Waals surface area contributed by atoms with Gasteiger partial charge in [-0.05, 0) is 39.8 Å². The lowest BCUT2D eigenvalue weighted by atomic mass is 10.1. The van der Waals surface area contributed by atoms with Gasteiger partial charge in [0.15, 0.2) is 5.65 Å². The number of anilines is 3. The molecular weight excluding hydrogens is 276 g/mol. The van der Waals surface area contributed by atoms with Crippen LogP contribution in [0.4, 0.5) is 17.6 Å². The van der Waals surface area contributed by atoms with Crippen LogP contribution in [0.25, 0.3) is 11.2 Å². The van der Waals surface area contributed by atoms with E-state index >= 15 is 0 Å². The van der Waals surface area contributed by atoms with Gasteiger partial charge in [0.05, 0.1) is 6.20 Å². The molecule has 0 amide bonds. The second-order valence-electron chi connectivity index (χ2n) is 6.38. The van der Waals surface area contributed by atoms with Crippen LogP contribution in [0.2, 0.25) is 0 Å². The van der Waals surface area contributed by atoms with Gasteiger partial charge in [0.25, 0.3) is 0 Å². The van der Waals surface area contributed by atoms with Crippen molar-refractivity contribution in [3.63, 3.8) is 0 Å². The van der Waals surface area contributed by atoms with Crippen LogP contribution in [-0.2, 0) is 0 Å². The molecule has 3 aromatic rings. The van der Waals surface area contributed by atoms with E-state index in [4.69, 9.17) is 0 Å². The molecule has 2 heterocycles. The van der Waals surface area contributed by atoms with Gasteiger partial charge in [-0.25, -0.2) is 4.98 Å². The third-order valence-corrected chi connectivity index (χ3v) is 3.04. The van der Waals surface area contributed by atoms with Gasteiger partial charge in [0.1, 0.15) is 5.52 Å². The summed E-state index contributed by atoms with van der Waals surface area (Å²) in [5.41, 5.74) is 3.54. The van der Waals surface area contributed by atoms with Gasteiger partial charge >= 0.3 is 0 Å². The second-order valence-corrected chi connectivity index (χ2v) is 6.38. The lowest BCUT2D eigenvalue weighted by Crippen LogP contribution is -2.27. The largest absolute Gasteiger partial charge is 0.350 e. The maximum atomic E-state index is 4.46. The molecule has 114 valence electrons. The van der Waals surface area contributed by atoms with E-state index in [0.717, 1.165) is 11.2 Å². The van der Waals surface area contributed by atoms with Crippen LogP contribution < -0.4 is 10.6 Å². The zero-order valence-electron chi connectivity index (χ0n) is 13.2. The van der Waals surface area contributed by atoms with E-state index in [9.17, 15) is 0 Å². The molecule has 0 fully saturated rings. The van der Waals surface area contributed by atoms with Crippen molar-refractivity contribution in [2.24, 2.45) is 0 Å². The van der Waals surface area contributed by atoms with Crippen LogP contribution in [0.15, 0.2) is 30.5 Å². The molecule has 3 rings (SSSR count). The quantitative estimate of drug-likeness (QED) is 0.688. The molecule has 0 radical (unpaired) electrons. The van der Waals surface area contributed by atoms with Crippen molar-refractivity contribution in [2.45, 2.75) is 33.2 Å². The molecule has 3 N–H and O–H groups in total. The highest BCUT2D eigenvalue weighted by atomic mass is 15.2. The average molecular weight is 296 g/mol. The zero-order valence-corrected chi connectivity index (χ0v) is 13.2. The molecule has 0 aliphatic carbocycles. The highest BCUT2D eigenvalue weighted by Crippen LogP contribution is 2.19. The number of nitrogens with one attached hydrogen (secondary N) is 3. The first-order valence-electron chi connectivity index (χ1n) is 7.24. The van der Waals surface area contributed by atoms with Crippen molar-refractivity contribution >= 4 is 28.7 Å². The molecule has 0 aliphatic heterocycles. The number of aromatic amines is 1. The Labute approximate surface area is 129 Å². The number of hydrogen-bond acceptors (Lipinski definition) is 5. The van der Waals surface area contributed by atoms with Crippen molar-refractivity contribution in [1.29, 1.82) is 0 Å². The SMILES string of the molecule is Cc1ccc(Nc2nc3nc(NC(C)(C)C)ncc3[nH]2)cc1. The summed E-state index contributed by atoms with van der Waals surface area (Å²) in [7, 11) is 0. The lowest BCUT2D eigenvalue weighted by molar-refractivity contribution is 0.626. The molecule has 6 heteroatoms. The average Bonchev–Trinajstić information content (AvgIpc) is 2.81. The highest BCUT2D eigenvalue weighted by Gasteiger charge is 2.12. The molecule has 0 aliphatic rings. The van der Waals surface area contributed by atoms with Gasteiger partial charge in [-0.2, -0.15) is 9.97 Å². The first-order chi connectivity index (χ1) is 10.4. The Balaban J connectivity index is 1.84.